The Morgan fingerprint density at radius 1 is 1.56 bits per heavy atom. The molecule has 0 N–H and O–H groups in total. The summed E-state index contributed by atoms with van der Waals surface area (Å²) in [4.78, 5) is 3.49. The summed E-state index contributed by atoms with van der Waals surface area (Å²) in [5, 5.41) is 0. The summed E-state index contributed by atoms with van der Waals surface area (Å²) < 4.78 is 28.4. The first-order chi connectivity index (χ1) is 7.30. The maximum atomic E-state index is 12.7. The summed E-state index contributed by atoms with van der Waals surface area (Å²) in [5.74, 6) is -0.569. The van der Waals surface area contributed by atoms with E-state index >= 15 is 0 Å². The van der Waals surface area contributed by atoms with Crippen molar-refractivity contribution in [2.75, 3.05) is 0 Å². The van der Waals surface area contributed by atoms with Gasteiger partial charge in [0.2, 0.25) is 5.95 Å². The van der Waals surface area contributed by atoms with E-state index in [0.717, 1.165) is 0 Å². The Hall–Kier alpha value is -0.620. The minimum Gasteiger partial charge on any atom is -0.234 e. The molecule has 0 fully saturated rings. The molecule has 0 amide bonds. The van der Waals surface area contributed by atoms with Crippen LogP contribution < -0.4 is 0 Å². The Labute approximate surface area is 105 Å². The van der Waals surface area contributed by atoms with Crippen molar-refractivity contribution in [3.05, 3.63) is 28.2 Å². The van der Waals surface area contributed by atoms with Crippen molar-refractivity contribution >= 4 is 33.1 Å². The number of nitrogens with zero attached hydrogens (tertiary/aromatic N) is 2. The number of hydrogen-bond donors (Lipinski definition) is 0. The van der Waals surface area contributed by atoms with Crippen LogP contribution in [0.5, 0.6) is 0 Å². The molecule has 16 heavy (non-hydrogen) atoms. The highest BCUT2D eigenvalue weighted by Gasteiger charge is 2.18. The molecule has 0 aliphatic heterocycles. The molecular weight excluding hydrogens is 295 g/mol. The number of halogens is 2. The van der Waals surface area contributed by atoms with Crippen molar-refractivity contribution in [1.29, 1.82) is 0 Å². The predicted octanol–water partition coefficient (Wildman–Crippen LogP) is 2.86. The zero-order chi connectivity index (χ0) is 12.3. The van der Waals surface area contributed by atoms with E-state index in [1.54, 1.807) is 0 Å². The van der Waals surface area contributed by atoms with Crippen molar-refractivity contribution in [3.8, 4) is 0 Å². The van der Waals surface area contributed by atoms with Crippen molar-refractivity contribution < 1.29 is 8.60 Å². The van der Waals surface area contributed by atoms with E-state index in [1.165, 1.54) is 18.5 Å². The van der Waals surface area contributed by atoms with Gasteiger partial charge in [0.1, 0.15) is 11.0 Å². The molecule has 1 aromatic heterocycles. The van der Waals surface area contributed by atoms with Crippen LogP contribution >= 0.6 is 15.9 Å². The molecular formula is C10H12BrFN2OS. The predicted molar refractivity (Wildman–Crippen MR) is 67.4 cm³/mol. The number of hydrogen-bond acceptors (Lipinski definition) is 2. The van der Waals surface area contributed by atoms with Gasteiger partial charge in [0, 0.05) is 28.5 Å². The van der Waals surface area contributed by atoms with Crippen LogP contribution in [-0.2, 0) is 11.0 Å². The lowest BCUT2D eigenvalue weighted by atomic mass is 10.3. The molecule has 6 heteroatoms. The van der Waals surface area contributed by atoms with Crippen LogP contribution in [-0.4, -0.2) is 20.2 Å². The smallest absolute Gasteiger partial charge is 0.213 e. The summed E-state index contributed by atoms with van der Waals surface area (Å²) in [6.07, 6.45) is 2.76. The van der Waals surface area contributed by atoms with Crippen molar-refractivity contribution in [2.45, 2.75) is 25.5 Å². The van der Waals surface area contributed by atoms with E-state index in [1.807, 2.05) is 20.8 Å². The van der Waals surface area contributed by atoms with E-state index in [2.05, 4.69) is 25.3 Å². The highest BCUT2D eigenvalue weighted by Crippen LogP contribution is 2.16. The Morgan fingerprint density at radius 3 is 2.69 bits per heavy atom. The molecule has 0 bridgehead atoms. The van der Waals surface area contributed by atoms with Gasteiger partial charge in [0.05, 0.1) is 4.75 Å². The molecule has 1 heterocycles. The Balaban J connectivity index is 2.89. The number of rotatable bonds is 2. The first kappa shape index (κ1) is 13.4. The molecule has 1 atom stereocenters. The molecule has 1 unspecified atom stereocenters. The van der Waals surface area contributed by atoms with Crippen LogP contribution in [0.2, 0.25) is 0 Å². The molecule has 1 rings (SSSR count). The molecule has 0 spiro atoms. The lowest BCUT2D eigenvalue weighted by Crippen LogP contribution is -2.19. The standard InChI is InChI=1S/C10H12BrFN2OS/c1-10(2,3)16(15)14-6-7-5-13-9(12)4-8(7)11/h4-6H,1-3H3. The van der Waals surface area contributed by atoms with Gasteiger partial charge in [-0.05, 0) is 36.7 Å². The first-order valence-corrected chi connectivity index (χ1v) is 6.48. The molecule has 0 saturated heterocycles. The summed E-state index contributed by atoms with van der Waals surface area (Å²) >= 11 is 3.18. The normalized spacial score (nSPS) is 14.3. The SMILES string of the molecule is CC(C)(C)S(=O)N=Cc1cnc(F)cc1Br. The summed E-state index contributed by atoms with van der Waals surface area (Å²) in [6.45, 7) is 5.50. The highest BCUT2D eigenvalue weighted by molar-refractivity contribution is 9.10. The summed E-state index contributed by atoms with van der Waals surface area (Å²) in [6, 6.07) is 1.24. The van der Waals surface area contributed by atoms with Gasteiger partial charge < -0.3 is 0 Å². The minimum absolute atomic E-state index is 0.406. The fourth-order valence-electron chi connectivity index (χ4n) is 0.776. The monoisotopic (exact) mass is 306 g/mol. The first-order valence-electron chi connectivity index (χ1n) is 4.58. The maximum absolute atomic E-state index is 12.7. The third kappa shape index (κ3) is 3.75. The lowest BCUT2D eigenvalue weighted by Gasteiger charge is -2.12. The third-order valence-electron chi connectivity index (χ3n) is 1.66. The van der Waals surface area contributed by atoms with E-state index in [4.69, 9.17) is 0 Å². The lowest BCUT2D eigenvalue weighted by molar-refractivity contribution is 0.582. The van der Waals surface area contributed by atoms with Crippen LogP contribution in [0.3, 0.4) is 0 Å². The van der Waals surface area contributed by atoms with E-state index in [0.29, 0.717) is 10.0 Å². The molecule has 0 radical (unpaired) electrons. The number of aromatic nitrogens is 1. The van der Waals surface area contributed by atoms with E-state index in [9.17, 15) is 8.60 Å². The molecule has 0 aliphatic rings. The van der Waals surface area contributed by atoms with Gasteiger partial charge in [0.15, 0.2) is 0 Å². The van der Waals surface area contributed by atoms with Crippen LogP contribution in [0.25, 0.3) is 0 Å². The second-order valence-electron chi connectivity index (χ2n) is 4.12. The Morgan fingerprint density at radius 2 is 2.19 bits per heavy atom. The average molecular weight is 307 g/mol. The highest BCUT2D eigenvalue weighted by atomic mass is 79.9. The second-order valence-corrected chi connectivity index (χ2v) is 6.91. The zero-order valence-corrected chi connectivity index (χ0v) is 11.6. The Bertz CT molecular complexity index is 443. The van der Waals surface area contributed by atoms with Gasteiger partial charge in [-0.3, -0.25) is 0 Å². The fourth-order valence-corrected chi connectivity index (χ4v) is 1.69. The van der Waals surface area contributed by atoms with E-state index < -0.39 is 21.7 Å². The molecule has 0 saturated carbocycles. The fraction of sp³-hybridized carbons (Fsp3) is 0.400. The van der Waals surface area contributed by atoms with Crippen LogP contribution in [0.15, 0.2) is 21.1 Å². The van der Waals surface area contributed by atoms with Crippen molar-refractivity contribution in [1.82, 2.24) is 4.98 Å². The molecule has 0 aromatic carbocycles. The minimum atomic E-state index is -1.32. The Kier molecular flexibility index (Phi) is 4.32. The molecule has 0 aliphatic carbocycles. The molecule has 1 aromatic rings. The van der Waals surface area contributed by atoms with Gasteiger partial charge in [0.25, 0.3) is 0 Å². The zero-order valence-electron chi connectivity index (χ0n) is 9.20. The van der Waals surface area contributed by atoms with Gasteiger partial charge in [-0.1, -0.05) is 0 Å². The van der Waals surface area contributed by atoms with Gasteiger partial charge >= 0.3 is 0 Å². The van der Waals surface area contributed by atoms with Gasteiger partial charge in [-0.2, -0.15) is 8.79 Å². The molecule has 3 nitrogen and oxygen atoms in total. The van der Waals surface area contributed by atoms with Crippen LogP contribution in [0.4, 0.5) is 4.39 Å². The van der Waals surface area contributed by atoms with Gasteiger partial charge in [-0.25, -0.2) is 9.19 Å². The second kappa shape index (κ2) is 5.14. The van der Waals surface area contributed by atoms with Crippen molar-refractivity contribution in [3.63, 3.8) is 0 Å². The summed E-state index contributed by atoms with van der Waals surface area (Å²) in [7, 11) is -1.32. The third-order valence-corrected chi connectivity index (χ3v) is 3.69. The van der Waals surface area contributed by atoms with Gasteiger partial charge in [-0.15, -0.1) is 0 Å². The maximum Gasteiger partial charge on any atom is 0.213 e. The number of pyridine rings is 1. The van der Waals surface area contributed by atoms with Crippen molar-refractivity contribution in [2.24, 2.45) is 4.40 Å². The van der Waals surface area contributed by atoms with Crippen LogP contribution in [0, 0.1) is 5.95 Å². The summed E-state index contributed by atoms with van der Waals surface area (Å²) in [5.41, 5.74) is 0.596. The van der Waals surface area contributed by atoms with Crippen LogP contribution in [0.1, 0.15) is 26.3 Å². The van der Waals surface area contributed by atoms with E-state index in [-0.39, 0.29) is 0 Å². The topological polar surface area (TPSA) is 42.3 Å². The quantitative estimate of drug-likeness (QED) is 0.623. The largest absolute Gasteiger partial charge is 0.234 e. The molecule has 88 valence electrons. The average Bonchev–Trinajstić information content (AvgIpc) is 2.14.